The molecule has 1 saturated carbocycles. The van der Waals surface area contributed by atoms with Gasteiger partial charge in [0, 0.05) is 5.92 Å². The Balaban J connectivity index is 2.54. The zero-order valence-electron chi connectivity index (χ0n) is 9.84. The molecule has 0 radical (unpaired) electrons. The summed E-state index contributed by atoms with van der Waals surface area (Å²) in [4.78, 5) is 12.0. The van der Waals surface area contributed by atoms with Gasteiger partial charge in [-0.2, -0.15) is 0 Å². The first kappa shape index (κ1) is 11.7. The van der Waals surface area contributed by atoms with Crippen molar-refractivity contribution in [3.8, 4) is 0 Å². The molecule has 2 nitrogen and oxygen atoms in total. The summed E-state index contributed by atoms with van der Waals surface area (Å²) in [5, 5.41) is 3.04. The summed E-state index contributed by atoms with van der Waals surface area (Å²) in [5.41, 5.74) is 0. The normalized spacial score (nSPS) is 35.3. The van der Waals surface area contributed by atoms with Gasteiger partial charge in [0.2, 0.25) is 0 Å². The van der Waals surface area contributed by atoms with Gasteiger partial charge in [-0.25, -0.2) is 0 Å². The molecule has 0 heterocycles. The number of ketones is 1. The molecule has 1 aliphatic rings. The van der Waals surface area contributed by atoms with Gasteiger partial charge in [-0.1, -0.05) is 13.8 Å². The van der Waals surface area contributed by atoms with Crippen LogP contribution in [-0.2, 0) is 4.79 Å². The van der Waals surface area contributed by atoms with Gasteiger partial charge in [0.1, 0.15) is 0 Å². The van der Waals surface area contributed by atoms with Gasteiger partial charge < -0.3 is 5.32 Å². The minimum Gasteiger partial charge on any atom is -0.311 e. The lowest BCUT2D eigenvalue weighted by Crippen LogP contribution is -2.38. The van der Waals surface area contributed by atoms with Gasteiger partial charge in [-0.15, -0.1) is 0 Å². The van der Waals surface area contributed by atoms with Crippen LogP contribution in [0.15, 0.2) is 0 Å². The molecule has 14 heavy (non-hydrogen) atoms. The van der Waals surface area contributed by atoms with Crippen molar-refractivity contribution >= 4 is 5.78 Å². The van der Waals surface area contributed by atoms with E-state index in [0.29, 0.717) is 11.7 Å². The fourth-order valence-corrected chi connectivity index (χ4v) is 2.68. The molecule has 0 aliphatic heterocycles. The third-order valence-electron chi connectivity index (χ3n) is 3.44. The molecule has 0 spiro atoms. The number of nitrogens with one attached hydrogen (secondary N) is 1. The van der Waals surface area contributed by atoms with E-state index in [1.165, 1.54) is 6.42 Å². The Bertz CT molecular complexity index is 192. The number of carbonyl (C=O) groups excluding carboxylic acids is 1. The molecule has 2 heteroatoms. The maximum atomic E-state index is 12.0. The van der Waals surface area contributed by atoms with Crippen molar-refractivity contribution in [1.82, 2.24) is 5.32 Å². The number of carbonyl (C=O) groups is 1. The first-order valence-corrected chi connectivity index (χ1v) is 5.75. The molecule has 0 amide bonds. The second kappa shape index (κ2) is 4.92. The summed E-state index contributed by atoms with van der Waals surface area (Å²) in [6.45, 7) is 6.49. The SMILES string of the molecule is CN[C@@H](C)C(=O)C1CC(C)CC(C)C1. The molecule has 0 aromatic carbocycles. The second-order valence-electron chi connectivity index (χ2n) is 5.03. The van der Waals surface area contributed by atoms with Crippen LogP contribution in [-0.4, -0.2) is 18.9 Å². The van der Waals surface area contributed by atoms with Gasteiger partial charge in [0.25, 0.3) is 0 Å². The summed E-state index contributed by atoms with van der Waals surface area (Å²) >= 11 is 0. The average molecular weight is 197 g/mol. The first-order chi connectivity index (χ1) is 6.54. The Morgan fingerprint density at radius 3 is 2.14 bits per heavy atom. The van der Waals surface area contributed by atoms with Crippen molar-refractivity contribution in [2.24, 2.45) is 17.8 Å². The van der Waals surface area contributed by atoms with Gasteiger partial charge in [-0.3, -0.25) is 4.79 Å². The highest BCUT2D eigenvalue weighted by molar-refractivity contribution is 5.86. The highest BCUT2D eigenvalue weighted by Gasteiger charge is 2.30. The summed E-state index contributed by atoms with van der Waals surface area (Å²) < 4.78 is 0. The number of hydrogen-bond acceptors (Lipinski definition) is 2. The molecular weight excluding hydrogens is 174 g/mol. The maximum Gasteiger partial charge on any atom is 0.152 e. The number of rotatable bonds is 3. The zero-order valence-corrected chi connectivity index (χ0v) is 9.84. The van der Waals surface area contributed by atoms with E-state index in [0.717, 1.165) is 24.7 Å². The summed E-state index contributed by atoms with van der Waals surface area (Å²) in [5.74, 6) is 2.15. The third-order valence-corrected chi connectivity index (χ3v) is 3.44. The van der Waals surface area contributed by atoms with Crippen LogP contribution in [0.2, 0.25) is 0 Å². The van der Waals surface area contributed by atoms with Crippen molar-refractivity contribution in [3.63, 3.8) is 0 Å². The van der Waals surface area contributed by atoms with Crippen LogP contribution in [0, 0.1) is 17.8 Å². The summed E-state index contributed by atoms with van der Waals surface area (Å²) in [6, 6.07) is 0.0255. The fraction of sp³-hybridized carbons (Fsp3) is 0.917. The Labute approximate surface area is 87.5 Å². The van der Waals surface area contributed by atoms with Gasteiger partial charge in [-0.05, 0) is 45.1 Å². The van der Waals surface area contributed by atoms with Gasteiger partial charge in [0.15, 0.2) is 5.78 Å². The minimum absolute atomic E-state index is 0.0255. The fourth-order valence-electron chi connectivity index (χ4n) is 2.68. The van der Waals surface area contributed by atoms with Crippen LogP contribution >= 0.6 is 0 Å². The molecule has 2 unspecified atom stereocenters. The molecule has 0 aromatic rings. The monoisotopic (exact) mass is 197 g/mol. The molecule has 1 rings (SSSR count). The van der Waals surface area contributed by atoms with Crippen molar-refractivity contribution in [1.29, 1.82) is 0 Å². The van der Waals surface area contributed by atoms with E-state index in [1.54, 1.807) is 0 Å². The Hall–Kier alpha value is -0.370. The van der Waals surface area contributed by atoms with E-state index in [2.05, 4.69) is 19.2 Å². The lowest BCUT2D eigenvalue weighted by molar-refractivity contribution is -0.126. The lowest BCUT2D eigenvalue weighted by Gasteiger charge is -2.31. The highest BCUT2D eigenvalue weighted by Crippen LogP contribution is 2.33. The number of likely N-dealkylation sites (N-methyl/N-ethyl adjacent to an activating group) is 1. The van der Waals surface area contributed by atoms with E-state index in [-0.39, 0.29) is 6.04 Å². The largest absolute Gasteiger partial charge is 0.311 e. The average Bonchev–Trinajstić information content (AvgIpc) is 2.14. The zero-order chi connectivity index (χ0) is 10.7. The first-order valence-electron chi connectivity index (χ1n) is 5.75. The van der Waals surface area contributed by atoms with Crippen LogP contribution in [0.5, 0.6) is 0 Å². The van der Waals surface area contributed by atoms with Crippen LogP contribution in [0.1, 0.15) is 40.0 Å². The molecule has 0 bridgehead atoms. The predicted octanol–water partition coefficient (Wildman–Crippen LogP) is 2.24. The van der Waals surface area contributed by atoms with Crippen LogP contribution in [0.25, 0.3) is 0 Å². The van der Waals surface area contributed by atoms with E-state index < -0.39 is 0 Å². The van der Waals surface area contributed by atoms with Gasteiger partial charge >= 0.3 is 0 Å². The van der Waals surface area contributed by atoms with Crippen LogP contribution in [0.3, 0.4) is 0 Å². The molecule has 0 saturated heterocycles. The summed E-state index contributed by atoms with van der Waals surface area (Å²) in [7, 11) is 1.86. The molecular formula is C12H23NO. The van der Waals surface area contributed by atoms with Crippen LogP contribution in [0.4, 0.5) is 0 Å². The number of Topliss-reactive ketones (excluding diaryl/α,β-unsaturated/α-hetero) is 1. The molecule has 0 aromatic heterocycles. The molecule has 1 fully saturated rings. The molecule has 1 N–H and O–H groups in total. The third kappa shape index (κ3) is 2.81. The maximum absolute atomic E-state index is 12.0. The Morgan fingerprint density at radius 1 is 1.21 bits per heavy atom. The van der Waals surface area contributed by atoms with Crippen molar-refractivity contribution in [2.75, 3.05) is 7.05 Å². The van der Waals surface area contributed by atoms with E-state index in [1.807, 2.05) is 14.0 Å². The Morgan fingerprint density at radius 2 is 1.71 bits per heavy atom. The topological polar surface area (TPSA) is 29.1 Å². The minimum atomic E-state index is 0.0255. The smallest absolute Gasteiger partial charge is 0.152 e. The van der Waals surface area contributed by atoms with Gasteiger partial charge in [0.05, 0.1) is 6.04 Å². The molecule has 3 atom stereocenters. The van der Waals surface area contributed by atoms with E-state index >= 15 is 0 Å². The number of hydrogen-bond donors (Lipinski definition) is 1. The van der Waals surface area contributed by atoms with Crippen molar-refractivity contribution < 1.29 is 4.79 Å². The summed E-state index contributed by atoms with van der Waals surface area (Å²) in [6.07, 6.45) is 3.47. The Kier molecular flexibility index (Phi) is 4.11. The highest BCUT2D eigenvalue weighted by atomic mass is 16.1. The van der Waals surface area contributed by atoms with E-state index in [4.69, 9.17) is 0 Å². The quantitative estimate of drug-likeness (QED) is 0.751. The molecule has 1 aliphatic carbocycles. The molecule has 82 valence electrons. The second-order valence-corrected chi connectivity index (χ2v) is 5.03. The lowest BCUT2D eigenvalue weighted by atomic mass is 9.74. The van der Waals surface area contributed by atoms with E-state index in [9.17, 15) is 4.79 Å². The van der Waals surface area contributed by atoms with Crippen molar-refractivity contribution in [2.45, 2.75) is 46.1 Å². The standard InChI is InChI=1S/C12H23NO/c1-8-5-9(2)7-11(6-8)12(14)10(3)13-4/h8-11,13H,5-7H2,1-4H3/t8?,9?,10-,11?/m0/s1. The van der Waals surface area contributed by atoms with Crippen molar-refractivity contribution in [3.05, 3.63) is 0 Å². The van der Waals surface area contributed by atoms with Crippen LogP contribution < -0.4 is 5.32 Å². The predicted molar refractivity (Wildman–Crippen MR) is 59.2 cm³/mol.